The normalized spacial score (nSPS) is 16.7. The summed E-state index contributed by atoms with van der Waals surface area (Å²) in [5, 5.41) is 3.50. The Morgan fingerprint density at radius 1 is 1.15 bits per heavy atom. The highest BCUT2D eigenvalue weighted by Gasteiger charge is 2.26. The summed E-state index contributed by atoms with van der Waals surface area (Å²) in [4.78, 5) is 2.54. The highest BCUT2D eigenvalue weighted by molar-refractivity contribution is 9.10. The Hall–Kier alpha value is -1.56. The molecule has 2 aromatic carbocycles. The second kappa shape index (κ2) is 9.40. The molecule has 1 heterocycles. The van der Waals surface area contributed by atoms with Gasteiger partial charge in [-0.1, -0.05) is 28.1 Å². The lowest BCUT2D eigenvalue weighted by Crippen LogP contribution is -2.33. The Bertz CT molecular complexity index is 715. The summed E-state index contributed by atoms with van der Waals surface area (Å²) >= 11 is 3.64. The Morgan fingerprint density at radius 3 is 2.85 bits per heavy atom. The van der Waals surface area contributed by atoms with Crippen molar-refractivity contribution in [2.24, 2.45) is 0 Å². The first kappa shape index (κ1) is 19.2. The molecule has 0 amide bonds. The maximum atomic E-state index is 5.98. The smallest absolute Gasteiger partial charge is 0.124 e. The summed E-state index contributed by atoms with van der Waals surface area (Å²) in [6, 6.07) is 14.8. The lowest BCUT2D eigenvalue weighted by Gasteiger charge is -2.32. The third-order valence-electron chi connectivity index (χ3n) is 4.72. The summed E-state index contributed by atoms with van der Waals surface area (Å²) in [6.45, 7) is 6.80. The summed E-state index contributed by atoms with van der Waals surface area (Å²) in [5.41, 5.74) is 2.42. The van der Waals surface area contributed by atoms with Crippen LogP contribution in [0.25, 0.3) is 0 Å². The zero-order chi connectivity index (χ0) is 18.4. The fourth-order valence-electron chi connectivity index (χ4n) is 3.54. The maximum Gasteiger partial charge on any atom is 0.124 e. The molecule has 1 atom stereocenters. The van der Waals surface area contributed by atoms with E-state index in [-0.39, 0.29) is 6.04 Å². The number of rotatable bonds is 6. The molecular formula is C21H27BrN2O2. The highest BCUT2D eigenvalue weighted by Crippen LogP contribution is 2.37. The highest BCUT2D eigenvalue weighted by atomic mass is 79.9. The van der Waals surface area contributed by atoms with Gasteiger partial charge in [0.15, 0.2) is 0 Å². The zero-order valence-corrected chi connectivity index (χ0v) is 17.1. The Morgan fingerprint density at radius 2 is 2.04 bits per heavy atom. The number of halogens is 1. The molecule has 0 aliphatic carbocycles. The van der Waals surface area contributed by atoms with Crippen molar-refractivity contribution in [1.82, 2.24) is 10.2 Å². The van der Waals surface area contributed by atoms with Crippen LogP contribution in [0.5, 0.6) is 11.5 Å². The number of methoxy groups -OCH3 is 1. The van der Waals surface area contributed by atoms with Crippen LogP contribution in [0.4, 0.5) is 0 Å². The Balaban J connectivity index is 2.09. The summed E-state index contributed by atoms with van der Waals surface area (Å²) in [7, 11) is 1.72. The number of hydrogen-bond acceptors (Lipinski definition) is 4. The van der Waals surface area contributed by atoms with E-state index in [0.29, 0.717) is 6.61 Å². The third-order valence-corrected chi connectivity index (χ3v) is 5.21. The van der Waals surface area contributed by atoms with Crippen LogP contribution in [-0.2, 0) is 0 Å². The van der Waals surface area contributed by atoms with Gasteiger partial charge in [0.2, 0.25) is 0 Å². The molecule has 0 radical (unpaired) electrons. The first-order chi connectivity index (χ1) is 12.7. The zero-order valence-electron chi connectivity index (χ0n) is 15.5. The van der Waals surface area contributed by atoms with Crippen molar-refractivity contribution in [2.75, 3.05) is 39.9 Å². The number of ether oxygens (including phenoxy) is 2. The molecule has 1 aliphatic heterocycles. The molecule has 0 aromatic heterocycles. The van der Waals surface area contributed by atoms with Crippen LogP contribution in [0.2, 0.25) is 0 Å². The molecule has 140 valence electrons. The molecule has 26 heavy (non-hydrogen) atoms. The van der Waals surface area contributed by atoms with Gasteiger partial charge < -0.3 is 14.8 Å². The fourth-order valence-corrected chi connectivity index (χ4v) is 3.92. The largest absolute Gasteiger partial charge is 0.497 e. The van der Waals surface area contributed by atoms with Gasteiger partial charge in [-0.05, 0) is 55.8 Å². The fraction of sp³-hybridized carbons (Fsp3) is 0.429. The van der Waals surface area contributed by atoms with E-state index >= 15 is 0 Å². The van der Waals surface area contributed by atoms with Crippen molar-refractivity contribution in [1.29, 1.82) is 0 Å². The van der Waals surface area contributed by atoms with Crippen molar-refractivity contribution in [3.8, 4) is 11.5 Å². The average molecular weight is 419 g/mol. The summed E-state index contributed by atoms with van der Waals surface area (Å²) in [5.74, 6) is 1.83. The topological polar surface area (TPSA) is 33.7 Å². The van der Waals surface area contributed by atoms with E-state index in [1.54, 1.807) is 7.11 Å². The molecule has 0 spiro atoms. The standard InChI is InChI=1S/C21H27BrN2O2/c1-3-26-20-9-8-17(22)15-19(20)21(24-12-5-10-23-11-13-24)16-6-4-7-18(14-16)25-2/h4,6-9,14-15,21,23H,3,5,10-13H2,1-2H3. The van der Waals surface area contributed by atoms with Crippen LogP contribution in [0.1, 0.15) is 30.5 Å². The van der Waals surface area contributed by atoms with Crippen LogP contribution < -0.4 is 14.8 Å². The van der Waals surface area contributed by atoms with Gasteiger partial charge in [0.1, 0.15) is 11.5 Å². The first-order valence-corrected chi connectivity index (χ1v) is 10.0. The van der Waals surface area contributed by atoms with Gasteiger partial charge in [-0.25, -0.2) is 0 Å². The van der Waals surface area contributed by atoms with Gasteiger partial charge in [-0.2, -0.15) is 0 Å². The molecule has 3 rings (SSSR count). The maximum absolute atomic E-state index is 5.98. The molecule has 1 aliphatic rings. The van der Waals surface area contributed by atoms with Crippen LogP contribution in [0.3, 0.4) is 0 Å². The summed E-state index contributed by atoms with van der Waals surface area (Å²) < 4.78 is 12.5. The predicted molar refractivity (Wildman–Crippen MR) is 109 cm³/mol. The monoisotopic (exact) mass is 418 g/mol. The van der Waals surface area contributed by atoms with Crippen molar-refractivity contribution >= 4 is 15.9 Å². The molecule has 2 aromatic rings. The van der Waals surface area contributed by atoms with E-state index in [9.17, 15) is 0 Å². The van der Waals surface area contributed by atoms with Gasteiger partial charge in [0.25, 0.3) is 0 Å². The van der Waals surface area contributed by atoms with E-state index in [0.717, 1.165) is 48.6 Å². The Labute approximate surface area is 164 Å². The van der Waals surface area contributed by atoms with Crippen LogP contribution in [0.15, 0.2) is 46.9 Å². The molecule has 1 saturated heterocycles. The van der Waals surface area contributed by atoms with Gasteiger partial charge in [-0.3, -0.25) is 4.90 Å². The molecule has 1 fully saturated rings. The number of hydrogen-bond donors (Lipinski definition) is 1. The van der Waals surface area contributed by atoms with Crippen molar-refractivity contribution < 1.29 is 9.47 Å². The molecular weight excluding hydrogens is 392 g/mol. The quantitative estimate of drug-likeness (QED) is 0.760. The third kappa shape index (κ3) is 4.58. The lowest BCUT2D eigenvalue weighted by molar-refractivity contribution is 0.233. The lowest BCUT2D eigenvalue weighted by atomic mass is 9.95. The van der Waals surface area contributed by atoms with Crippen molar-refractivity contribution in [3.05, 3.63) is 58.1 Å². The van der Waals surface area contributed by atoms with E-state index in [1.165, 1.54) is 11.1 Å². The minimum absolute atomic E-state index is 0.129. The summed E-state index contributed by atoms with van der Waals surface area (Å²) in [6.07, 6.45) is 1.14. The van der Waals surface area contributed by atoms with Gasteiger partial charge >= 0.3 is 0 Å². The first-order valence-electron chi connectivity index (χ1n) is 9.24. The second-order valence-electron chi connectivity index (χ2n) is 6.43. The van der Waals surface area contributed by atoms with Gasteiger partial charge in [-0.15, -0.1) is 0 Å². The molecule has 0 saturated carbocycles. The second-order valence-corrected chi connectivity index (χ2v) is 7.35. The van der Waals surface area contributed by atoms with Crippen LogP contribution >= 0.6 is 15.9 Å². The molecule has 1 N–H and O–H groups in total. The molecule has 1 unspecified atom stereocenters. The van der Waals surface area contributed by atoms with E-state index in [2.05, 4.69) is 56.5 Å². The molecule has 4 nitrogen and oxygen atoms in total. The van der Waals surface area contributed by atoms with E-state index in [4.69, 9.17) is 9.47 Å². The Kier molecular flexibility index (Phi) is 6.94. The van der Waals surface area contributed by atoms with Crippen molar-refractivity contribution in [2.45, 2.75) is 19.4 Å². The number of benzene rings is 2. The molecule has 5 heteroatoms. The number of nitrogens with one attached hydrogen (secondary N) is 1. The SMILES string of the molecule is CCOc1ccc(Br)cc1C(c1cccc(OC)c1)N1CCCNCC1. The average Bonchev–Trinajstić information content (AvgIpc) is 2.94. The van der Waals surface area contributed by atoms with Crippen LogP contribution in [-0.4, -0.2) is 44.8 Å². The predicted octanol–water partition coefficient (Wildman–Crippen LogP) is 4.24. The van der Waals surface area contributed by atoms with Crippen LogP contribution in [0, 0.1) is 0 Å². The number of nitrogens with zero attached hydrogens (tertiary/aromatic N) is 1. The minimum Gasteiger partial charge on any atom is -0.497 e. The van der Waals surface area contributed by atoms with E-state index in [1.807, 2.05) is 19.1 Å². The minimum atomic E-state index is 0.129. The van der Waals surface area contributed by atoms with E-state index < -0.39 is 0 Å². The van der Waals surface area contributed by atoms with Gasteiger partial charge in [0.05, 0.1) is 19.8 Å². The van der Waals surface area contributed by atoms with Crippen molar-refractivity contribution in [3.63, 3.8) is 0 Å². The van der Waals surface area contributed by atoms with Gasteiger partial charge in [0, 0.05) is 29.7 Å². The molecule has 0 bridgehead atoms.